The summed E-state index contributed by atoms with van der Waals surface area (Å²) in [6.07, 6.45) is 6.81. The van der Waals surface area contributed by atoms with Gasteiger partial charge in [-0.05, 0) is 44.2 Å². The molecule has 0 aliphatic carbocycles. The molecule has 1 aliphatic rings. The van der Waals surface area contributed by atoms with E-state index >= 15 is 0 Å². The minimum absolute atomic E-state index is 0.171. The van der Waals surface area contributed by atoms with E-state index in [2.05, 4.69) is 15.4 Å². The molecule has 0 atom stereocenters. The molecular formula is C22H30N6O3. The van der Waals surface area contributed by atoms with E-state index in [1.165, 1.54) is 0 Å². The summed E-state index contributed by atoms with van der Waals surface area (Å²) in [5.41, 5.74) is 2.72. The van der Waals surface area contributed by atoms with E-state index in [-0.39, 0.29) is 5.56 Å². The lowest BCUT2D eigenvalue weighted by Gasteiger charge is -2.22. The fourth-order valence-electron chi connectivity index (χ4n) is 3.89. The molecule has 1 fully saturated rings. The lowest BCUT2D eigenvalue weighted by molar-refractivity contribution is 0.0649. The van der Waals surface area contributed by atoms with E-state index < -0.39 is 0 Å². The molecule has 4 heterocycles. The third-order valence-corrected chi connectivity index (χ3v) is 5.64. The number of pyridine rings is 1. The first-order valence-electron chi connectivity index (χ1n) is 11.0. The van der Waals surface area contributed by atoms with Crippen LogP contribution in [-0.4, -0.2) is 57.3 Å². The Morgan fingerprint density at radius 1 is 1.26 bits per heavy atom. The molecule has 0 unspecified atom stereocenters. The Hall–Kier alpha value is -2.78. The highest BCUT2D eigenvalue weighted by Gasteiger charge is 2.16. The van der Waals surface area contributed by atoms with Crippen LogP contribution in [0.4, 0.5) is 5.82 Å². The third kappa shape index (κ3) is 5.11. The summed E-state index contributed by atoms with van der Waals surface area (Å²) < 4.78 is 14.3. The van der Waals surface area contributed by atoms with Crippen molar-refractivity contribution in [1.29, 1.82) is 0 Å². The van der Waals surface area contributed by atoms with Crippen molar-refractivity contribution in [3.8, 4) is 11.3 Å². The first-order chi connectivity index (χ1) is 15.2. The molecule has 0 saturated carbocycles. The average molecular weight is 427 g/mol. The van der Waals surface area contributed by atoms with Crippen LogP contribution in [0.1, 0.15) is 26.2 Å². The molecule has 1 aliphatic heterocycles. The number of hydrogen-bond acceptors (Lipinski definition) is 7. The van der Waals surface area contributed by atoms with E-state index in [4.69, 9.17) is 14.5 Å². The average Bonchev–Trinajstić information content (AvgIpc) is 3.23. The molecular weight excluding hydrogens is 396 g/mol. The van der Waals surface area contributed by atoms with Gasteiger partial charge in [-0.25, -0.2) is 9.97 Å². The summed E-state index contributed by atoms with van der Waals surface area (Å²) >= 11 is 0. The smallest absolute Gasteiger partial charge is 0.295 e. The summed E-state index contributed by atoms with van der Waals surface area (Å²) in [7, 11) is 1.86. The second-order valence-corrected chi connectivity index (χ2v) is 7.83. The Bertz CT molecular complexity index is 1070. The summed E-state index contributed by atoms with van der Waals surface area (Å²) in [4.78, 5) is 22.6. The number of nitrogens with one attached hydrogen (secondary N) is 1. The number of nitrogens with zero attached hydrogens (tertiary/aromatic N) is 5. The van der Waals surface area contributed by atoms with Gasteiger partial charge in [-0.2, -0.15) is 5.10 Å². The van der Waals surface area contributed by atoms with Crippen molar-refractivity contribution >= 4 is 17.0 Å². The zero-order valence-electron chi connectivity index (χ0n) is 18.2. The Kier molecular flexibility index (Phi) is 6.93. The Labute approximate surface area is 181 Å². The normalized spacial score (nSPS) is 14.9. The molecule has 166 valence electrons. The third-order valence-electron chi connectivity index (χ3n) is 5.64. The molecule has 0 bridgehead atoms. The molecule has 1 N–H and O–H groups in total. The number of anilines is 1. The molecule has 3 aromatic heterocycles. The van der Waals surface area contributed by atoms with Gasteiger partial charge in [0.2, 0.25) is 0 Å². The van der Waals surface area contributed by atoms with Crippen LogP contribution in [-0.2, 0) is 23.1 Å². The van der Waals surface area contributed by atoms with Gasteiger partial charge in [0.05, 0.1) is 25.0 Å². The van der Waals surface area contributed by atoms with Gasteiger partial charge in [0.1, 0.15) is 5.52 Å². The van der Waals surface area contributed by atoms with E-state index in [0.717, 1.165) is 43.7 Å². The van der Waals surface area contributed by atoms with Crippen molar-refractivity contribution < 1.29 is 9.47 Å². The fraction of sp³-hybridized carbons (Fsp3) is 0.545. The Morgan fingerprint density at radius 3 is 2.84 bits per heavy atom. The van der Waals surface area contributed by atoms with E-state index in [0.29, 0.717) is 49.2 Å². The van der Waals surface area contributed by atoms with Crippen molar-refractivity contribution in [3.63, 3.8) is 0 Å². The van der Waals surface area contributed by atoms with E-state index in [1.807, 2.05) is 32.3 Å². The summed E-state index contributed by atoms with van der Waals surface area (Å²) in [5.74, 6) is 0.998. The van der Waals surface area contributed by atoms with E-state index in [1.54, 1.807) is 15.4 Å². The standard InChI is InChI=1S/C22H30N6O3/c1-3-30-13-10-28-21-19(5-4-18(26-21)17-14-24-27(2)15-17)25-20(22(28)29)23-9-6-16-7-11-31-12-8-16/h4-5,14-16H,3,6-13H2,1-2H3,(H,23,25). The van der Waals surface area contributed by atoms with Gasteiger partial charge >= 0.3 is 0 Å². The molecule has 3 aromatic rings. The van der Waals surface area contributed by atoms with Crippen LogP contribution in [0.3, 0.4) is 0 Å². The summed E-state index contributed by atoms with van der Waals surface area (Å²) in [6.45, 7) is 5.77. The molecule has 31 heavy (non-hydrogen) atoms. The van der Waals surface area contributed by atoms with Crippen molar-refractivity contribution in [2.45, 2.75) is 32.7 Å². The van der Waals surface area contributed by atoms with Gasteiger partial charge in [0, 0.05) is 45.2 Å². The maximum atomic E-state index is 13.2. The van der Waals surface area contributed by atoms with Crippen LogP contribution in [0.15, 0.2) is 29.3 Å². The van der Waals surface area contributed by atoms with Crippen molar-refractivity contribution in [2.75, 3.05) is 38.3 Å². The second-order valence-electron chi connectivity index (χ2n) is 7.83. The maximum absolute atomic E-state index is 13.2. The fourth-order valence-corrected chi connectivity index (χ4v) is 3.89. The lowest BCUT2D eigenvalue weighted by Crippen LogP contribution is -2.28. The summed E-state index contributed by atoms with van der Waals surface area (Å²) in [5, 5.41) is 7.48. The van der Waals surface area contributed by atoms with Crippen LogP contribution >= 0.6 is 0 Å². The molecule has 9 nitrogen and oxygen atoms in total. The first-order valence-corrected chi connectivity index (χ1v) is 11.0. The first kappa shape index (κ1) is 21.5. The Balaban J connectivity index is 1.62. The summed E-state index contributed by atoms with van der Waals surface area (Å²) in [6, 6.07) is 3.82. The minimum Gasteiger partial charge on any atom is -0.381 e. The van der Waals surface area contributed by atoms with Gasteiger partial charge in [-0.1, -0.05) is 0 Å². The van der Waals surface area contributed by atoms with Crippen molar-refractivity contribution in [1.82, 2.24) is 24.3 Å². The predicted molar refractivity (Wildman–Crippen MR) is 119 cm³/mol. The number of fused-ring (bicyclic) bond motifs is 1. The molecule has 0 amide bonds. The highest BCUT2D eigenvalue weighted by molar-refractivity contribution is 5.76. The minimum atomic E-state index is -0.171. The highest BCUT2D eigenvalue weighted by atomic mass is 16.5. The van der Waals surface area contributed by atoms with Crippen LogP contribution in [0, 0.1) is 5.92 Å². The van der Waals surface area contributed by atoms with Gasteiger partial charge in [0.15, 0.2) is 11.5 Å². The van der Waals surface area contributed by atoms with E-state index in [9.17, 15) is 4.79 Å². The van der Waals surface area contributed by atoms with Crippen LogP contribution in [0.5, 0.6) is 0 Å². The molecule has 0 radical (unpaired) electrons. The highest BCUT2D eigenvalue weighted by Crippen LogP contribution is 2.21. The lowest BCUT2D eigenvalue weighted by atomic mass is 9.97. The maximum Gasteiger partial charge on any atom is 0.295 e. The molecule has 1 saturated heterocycles. The van der Waals surface area contributed by atoms with Crippen LogP contribution in [0.2, 0.25) is 0 Å². The number of hydrogen-bond donors (Lipinski definition) is 1. The molecule has 0 spiro atoms. The zero-order chi connectivity index (χ0) is 21.6. The van der Waals surface area contributed by atoms with Gasteiger partial charge in [-0.3, -0.25) is 14.0 Å². The van der Waals surface area contributed by atoms with Gasteiger partial charge in [0.25, 0.3) is 5.56 Å². The van der Waals surface area contributed by atoms with Crippen molar-refractivity contribution in [2.24, 2.45) is 13.0 Å². The van der Waals surface area contributed by atoms with Crippen LogP contribution < -0.4 is 10.9 Å². The predicted octanol–water partition coefficient (Wildman–Crippen LogP) is 2.46. The van der Waals surface area contributed by atoms with Crippen LogP contribution in [0.25, 0.3) is 22.4 Å². The number of rotatable bonds is 9. The monoisotopic (exact) mass is 426 g/mol. The topological polar surface area (TPSA) is 96.1 Å². The molecule has 4 rings (SSSR count). The molecule has 9 heteroatoms. The second kappa shape index (κ2) is 10.0. The zero-order valence-corrected chi connectivity index (χ0v) is 18.2. The van der Waals surface area contributed by atoms with Gasteiger partial charge < -0.3 is 14.8 Å². The number of aryl methyl sites for hydroxylation is 1. The quantitative estimate of drug-likeness (QED) is 0.525. The number of aromatic nitrogens is 5. The van der Waals surface area contributed by atoms with Gasteiger partial charge in [-0.15, -0.1) is 0 Å². The van der Waals surface area contributed by atoms with Crippen molar-refractivity contribution in [3.05, 3.63) is 34.9 Å². The molecule has 0 aromatic carbocycles. The largest absolute Gasteiger partial charge is 0.381 e. The Morgan fingerprint density at radius 2 is 2.10 bits per heavy atom. The SMILES string of the molecule is CCOCCn1c(=O)c(NCCC2CCOCC2)nc2ccc(-c3cnn(C)c3)nc21. The number of ether oxygens (including phenoxy) is 2.